The van der Waals surface area contributed by atoms with Gasteiger partial charge in [0.05, 0.1) is 6.04 Å². The Labute approximate surface area is 244 Å². The summed E-state index contributed by atoms with van der Waals surface area (Å²) in [7, 11) is 0. The van der Waals surface area contributed by atoms with Crippen molar-refractivity contribution in [3.8, 4) is 0 Å². The molecule has 3 rings (SSSR count). The molecule has 4 unspecified atom stereocenters. The summed E-state index contributed by atoms with van der Waals surface area (Å²) >= 11 is 5.78. The SMILES string of the molecule is CC(=O)OC(C(=O)NC(C)(C)C)C(CC1CCNC1=O)NC(=O)C(CC1CC1)NC(=O)/C=C/c1ccc(Cl)cc1F. The molecule has 224 valence electrons. The number of hydrogen-bond acceptors (Lipinski definition) is 6. The number of benzene rings is 1. The van der Waals surface area contributed by atoms with Crippen molar-refractivity contribution in [1.82, 2.24) is 21.3 Å². The third kappa shape index (κ3) is 10.5. The molecule has 1 heterocycles. The van der Waals surface area contributed by atoms with E-state index in [0.29, 0.717) is 19.4 Å². The summed E-state index contributed by atoms with van der Waals surface area (Å²) in [6.07, 6.45) is 3.70. The first-order valence-corrected chi connectivity index (χ1v) is 14.1. The minimum Gasteiger partial charge on any atom is -0.450 e. The van der Waals surface area contributed by atoms with Crippen molar-refractivity contribution < 1.29 is 33.1 Å². The molecule has 0 aromatic heterocycles. The summed E-state index contributed by atoms with van der Waals surface area (Å²) in [6.45, 7) is 6.90. The van der Waals surface area contributed by atoms with E-state index < -0.39 is 59.2 Å². The summed E-state index contributed by atoms with van der Waals surface area (Å²) in [6, 6.07) is 2.03. The highest BCUT2D eigenvalue weighted by molar-refractivity contribution is 6.30. The van der Waals surface area contributed by atoms with E-state index >= 15 is 0 Å². The number of carbonyl (C=O) groups excluding carboxylic acids is 5. The lowest BCUT2D eigenvalue weighted by molar-refractivity contribution is -0.157. The summed E-state index contributed by atoms with van der Waals surface area (Å²) in [4.78, 5) is 63.9. The molecule has 1 aromatic carbocycles. The molecular formula is C29H38ClFN4O6. The van der Waals surface area contributed by atoms with Crippen LogP contribution in [0.15, 0.2) is 24.3 Å². The molecule has 0 bridgehead atoms. The molecule has 1 saturated heterocycles. The smallest absolute Gasteiger partial charge is 0.303 e. The molecule has 1 aliphatic heterocycles. The van der Waals surface area contributed by atoms with Crippen molar-refractivity contribution in [3.05, 3.63) is 40.7 Å². The van der Waals surface area contributed by atoms with Crippen LogP contribution in [0.25, 0.3) is 6.08 Å². The number of hydrogen-bond donors (Lipinski definition) is 4. The highest BCUT2D eigenvalue weighted by atomic mass is 35.5. The Bertz CT molecular complexity index is 1200. The fourth-order valence-corrected chi connectivity index (χ4v) is 4.76. The van der Waals surface area contributed by atoms with Crippen LogP contribution in [0.5, 0.6) is 0 Å². The monoisotopic (exact) mass is 592 g/mol. The van der Waals surface area contributed by atoms with E-state index in [1.807, 2.05) is 0 Å². The first-order chi connectivity index (χ1) is 19.2. The molecule has 0 radical (unpaired) electrons. The first-order valence-electron chi connectivity index (χ1n) is 13.7. The molecule has 10 nitrogen and oxygen atoms in total. The van der Waals surface area contributed by atoms with Crippen molar-refractivity contribution >= 4 is 47.3 Å². The van der Waals surface area contributed by atoms with Gasteiger partial charge in [0, 0.05) is 41.6 Å². The summed E-state index contributed by atoms with van der Waals surface area (Å²) in [5.41, 5.74) is -0.510. The number of amides is 4. The number of nitrogens with one attached hydrogen (secondary N) is 4. The second-order valence-corrected chi connectivity index (χ2v) is 12.1. The molecule has 12 heteroatoms. The summed E-state index contributed by atoms with van der Waals surface area (Å²) < 4.78 is 19.5. The van der Waals surface area contributed by atoms with Gasteiger partial charge in [-0.25, -0.2) is 4.39 Å². The normalized spacial score (nSPS) is 19.2. The topological polar surface area (TPSA) is 143 Å². The fraction of sp³-hybridized carbons (Fsp3) is 0.552. The minimum absolute atomic E-state index is 0.0485. The van der Waals surface area contributed by atoms with Gasteiger partial charge in [-0.2, -0.15) is 0 Å². The van der Waals surface area contributed by atoms with Crippen LogP contribution in [0.4, 0.5) is 4.39 Å². The van der Waals surface area contributed by atoms with Crippen molar-refractivity contribution in [1.29, 1.82) is 0 Å². The highest BCUT2D eigenvalue weighted by Crippen LogP contribution is 2.33. The predicted molar refractivity (Wildman–Crippen MR) is 151 cm³/mol. The standard InChI is InChI=1S/C29H38ClFN4O6/c1-16(36)41-25(28(40)35-29(2,3)4)22(14-19-11-12-32-26(19)38)34-27(39)23(13-17-5-6-17)33-24(37)10-8-18-7-9-20(30)15-21(18)31/h7-10,15,17,19,22-23,25H,5-6,11-14H2,1-4H3,(H,32,38)(H,33,37)(H,34,39)(H,35,40)/b10-8+. The Hall–Kier alpha value is -3.47. The molecule has 1 aromatic rings. The van der Waals surface area contributed by atoms with Gasteiger partial charge in [-0.15, -0.1) is 0 Å². The lowest BCUT2D eigenvalue weighted by Crippen LogP contribution is -2.59. The second kappa shape index (κ2) is 13.9. The molecule has 2 fully saturated rings. The van der Waals surface area contributed by atoms with Gasteiger partial charge >= 0.3 is 5.97 Å². The third-order valence-corrected chi connectivity index (χ3v) is 6.95. The molecule has 41 heavy (non-hydrogen) atoms. The number of carbonyl (C=O) groups is 5. The zero-order valence-electron chi connectivity index (χ0n) is 23.7. The van der Waals surface area contributed by atoms with Crippen LogP contribution in [0.2, 0.25) is 5.02 Å². The molecule has 0 spiro atoms. The largest absolute Gasteiger partial charge is 0.450 e. The van der Waals surface area contributed by atoms with E-state index in [-0.39, 0.29) is 28.8 Å². The molecule has 4 atom stereocenters. The zero-order valence-corrected chi connectivity index (χ0v) is 24.5. The second-order valence-electron chi connectivity index (χ2n) is 11.6. The minimum atomic E-state index is -1.41. The first kappa shape index (κ1) is 32.0. The van der Waals surface area contributed by atoms with Crippen LogP contribution >= 0.6 is 11.6 Å². The van der Waals surface area contributed by atoms with Crippen molar-refractivity contribution in [3.63, 3.8) is 0 Å². The van der Waals surface area contributed by atoms with Crippen LogP contribution in [-0.2, 0) is 28.7 Å². The Morgan fingerprint density at radius 3 is 2.39 bits per heavy atom. The molecule has 1 aliphatic carbocycles. The maximum atomic E-state index is 14.1. The van der Waals surface area contributed by atoms with Crippen LogP contribution < -0.4 is 21.3 Å². The Morgan fingerprint density at radius 1 is 1.12 bits per heavy atom. The summed E-state index contributed by atoms with van der Waals surface area (Å²) in [5, 5.41) is 11.2. The van der Waals surface area contributed by atoms with Gasteiger partial charge in [0.1, 0.15) is 11.9 Å². The van der Waals surface area contributed by atoms with Crippen LogP contribution in [-0.4, -0.2) is 59.9 Å². The van der Waals surface area contributed by atoms with Crippen LogP contribution in [0, 0.1) is 17.7 Å². The molecular weight excluding hydrogens is 555 g/mol. The van der Waals surface area contributed by atoms with E-state index in [1.165, 1.54) is 18.2 Å². The zero-order chi connectivity index (χ0) is 30.3. The van der Waals surface area contributed by atoms with E-state index in [4.69, 9.17) is 16.3 Å². The van der Waals surface area contributed by atoms with E-state index in [0.717, 1.165) is 31.9 Å². The van der Waals surface area contributed by atoms with Gasteiger partial charge in [-0.1, -0.05) is 30.5 Å². The average Bonchev–Trinajstić information content (AvgIpc) is 3.59. The van der Waals surface area contributed by atoms with Gasteiger partial charge in [0.2, 0.25) is 17.7 Å². The number of rotatable bonds is 12. The summed E-state index contributed by atoms with van der Waals surface area (Å²) in [5.74, 6) is -3.63. The van der Waals surface area contributed by atoms with Gasteiger partial charge in [0.15, 0.2) is 6.10 Å². The lowest BCUT2D eigenvalue weighted by atomic mass is 9.93. The third-order valence-electron chi connectivity index (χ3n) is 6.72. The maximum Gasteiger partial charge on any atom is 0.303 e. The molecule has 2 aliphatic rings. The fourth-order valence-electron chi connectivity index (χ4n) is 4.60. The number of ether oxygens (including phenoxy) is 1. The lowest BCUT2D eigenvalue weighted by Gasteiger charge is -2.32. The van der Waals surface area contributed by atoms with Crippen molar-refractivity contribution in [2.24, 2.45) is 11.8 Å². The molecule has 1 saturated carbocycles. The van der Waals surface area contributed by atoms with Crippen molar-refractivity contribution in [2.45, 2.75) is 83.5 Å². The van der Waals surface area contributed by atoms with Gasteiger partial charge in [-0.3, -0.25) is 24.0 Å². The molecule has 4 amide bonds. The van der Waals surface area contributed by atoms with E-state index in [1.54, 1.807) is 20.8 Å². The van der Waals surface area contributed by atoms with Gasteiger partial charge in [-0.05, 0) is 64.2 Å². The Morgan fingerprint density at radius 2 is 1.83 bits per heavy atom. The van der Waals surface area contributed by atoms with Crippen LogP contribution in [0.1, 0.15) is 65.4 Å². The van der Waals surface area contributed by atoms with E-state index in [9.17, 15) is 28.4 Å². The Balaban J connectivity index is 1.81. The highest BCUT2D eigenvalue weighted by Gasteiger charge is 2.40. The van der Waals surface area contributed by atoms with Gasteiger partial charge in [0.25, 0.3) is 5.91 Å². The van der Waals surface area contributed by atoms with Crippen molar-refractivity contribution in [2.75, 3.05) is 6.54 Å². The maximum absolute atomic E-state index is 14.1. The average molecular weight is 593 g/mol. The quantitative estimate of drug-likeness (QED) is 0.217. The van der Waals surface area contributed by atoms with Gasteiger partial charge < -0.3 is 26.0 Å². The molecule has 4 N–H and O–H groups in total. The van der Waals surface area contributed by atoms with Crippen LogP contribution in [0.3, 0.4) is 0 Å². The number of halogens is 2. The number of esters is 1. The predicted octanol–water partition coefficient (Wildman–Crippen LogP) is 2.63. The van der Waals surface area contributed by atoms with E-state index in [2.05, 4.69) is 21.3 Å². The Kier molecular flexibility index (Phi) is 10.9.